The Hall–Kier alpha value is -3.96. The molecule has 0 amide bonds. The molecule has 1 N–H and O–H groups in total. The van der Waals surface area contributed by atoms with Crippen LogP contribution in [-0.4, -0.2) is 63.3 Å². The number of carboxylic acid groups (broad SMARTS) is 1. The molecule has 0 heterocycles. The summed E-state index contributed by atoms with van der Waals surface area (Å²) in [5.41, 5.74) is -4.24. The molecular weight excluding hydrogens is 1070 g/mol. The van der Waals surface area contributed by atoms with E-state index in [9.17, 15) is 28.8 Å². The van der Waals surface area contributed by atoms with Crippen molar-refractivity contribution in [2.45, 2.75) is 383 Å². The summed E-state index contributed by atoms with van der Waals surface area (Å²) in [6, 6.07) is 9.76. The van der Waals surface area contributed by atoms with Crippen molar-refractivity contribution < 1.29 is 57.6 Å². The molecule has 0 spiro atoms. The standard InChI is InChI=1S/C40H68O6.C33H62O6/c1-8-9-10-11-12-14-17-20-26-31-40(36(42)45-38(2,3)4,37(43)46-39(5,6)7)32-27-21-18-15-13-16-19-25-30-35(41)44-33-34-28-23-22-24-29-34;1-8-9-10-11-12-14-17-20-23-26-33(29(36)38-31(2,3)4,30(37)39-32(5,6)7)27-24-21-18-15-13-16-19-22-25-28(34)35/h22-24,28-29H,8-21,25-27,30-33H2,1-7H3;8-27H2,1-7H3,(H,34,35). The highest BCUT2D eigenvalue weighted by molar-refractivity contribution is 6.01. The van der Waals surface area contributed by atoms with Crippen LogP contribution in [0.25, 0.3) is 0 Å². The monoisotopic (exact) mass is 1200 g/mol. The maximum absolute atomic E-state index is 13.7. The van der Waals surface area contributed by atoms with Crippen molar-refractivity contribution in [2.75, 3.05) is 0 Å². The summed E-state index contributed by atoms with van der Waals surface area (Å²) in [5.74, 6) is -2.61. The molecule has 1 aromatic carbocycles. The fourth-order valence-electron chi connectivity index (χ4n) is 10.5. The van der Waals surface area contributed by atoms with Gasteiger partial charge in [-0.3, -0.25) is 28.8 Å². The van der Waals surface area contributed by atoms with E-state index in [1.165, 1.54) is 77.0 Å². The van der Waals surface area contributed by atoms with Crippen molar-refractivity contribution in [3.8, 4) is 0 Å². The lowest BCUT2D eigenvalue weighted by atomic mass is 9.77. The maximum Gasteiger partial charge on any atom is 0.324 e. The van der Waals surface area contributed by atoms with Gasteiger partial charge in [-0.25, -0.2) is 0 Å². The van der Waals surface area contributed by atoms with E-state index in [-0.39, 0.29) is 12.4 Å². The highest BCUT2D eigenvalue weighted by atomic mass is 16.6. The molecule has 0 unspecified atom stereocenters. The molecule has 0 saturated carbocycles. The first-order valence-electron chi connectivity index (χ1n) is 34.4. The van der Waals surface area contributed by atoms with Crippen molar-refractivity contribution in [2.24, 2.45) is 10.8 Å². The van der Waals surface area contributed by atoms with Crippen molar-refractivity contribution >= 4 is 35.8 Å². The van der Waals surface area contributed by atoms with E-state index in [2.05, 4.69) is 13.8 Å². The number of esters is 5. The van der Waals surface area contributed by atoms with Crippen molar-refractivity contribution in [1.29, 1.82) is 0 Å². The van der Waals surface area contributed by atoms with Gasteiger partial charge in [0.25, 0.3) is 0 Å². The number of carbonyl (C=O) groups is 6. The lowest BCUT2D eigenvalue weighted by Crippen LogP contribution is -2.46. The smallest absolute Gasteiger partial charge is 0.324 e. The van der Waals surface area contributed by atoms with Crippen molar-refractivity contribution in [1.82, 2.24) is 0 Å². The average molecular weight is 1200 g/mol. The molecule has 0 radical (unpaired) electrons. The molecular formula is C73H130O12. The minimum atomic E-state index is -1.27. The Morgan fingerprint density at radius 2 is 0.565 bits per heavy atom. The van der Waals surface area contributed by atoms with Gasteiger partial charge in [-0.1, -0.05) is 250 Å². The summed E-state index contributed by atoms with van der Waals surface area (Å²) < 4.78 is 28.8. The Morgan fingerprint density at radius 3 is 0.812 bits per heavy atom. The van der Waals surface area contributed by atoms with Crippen LogP contribution >= 0.6 is 0 Å². The summed E-state index contributed by atoms with van der Waals surface area (Å²) in [4.78, 5) is 77.4. The van der Waals surface area contributed by atoms with Gasteiger partial charge in [-0.15, -0.1) is 0 Å². The number of aliphatic carboxylic acids is 1. The largest absolute Gasteiger partial charge is 0.481 e. The van der Waals surface area contributed by atoms with Gasteiger partial charge in [0, 0.05) is 12.8 Å². The zero-order valence-corrected chi connectivity index (χ0v) is 57.3. The predicted octanol–water partition coefficient (Wildman–Crippen LogP) is 20.8. The normalized spacial score (nSPS) is 12.3. The quantitative estimate of drug-likeness (QED) is 0.0284. The molecule has 12 nitrogen and oxygen atoms in total. The summed E-state index contributed by atoms with van der Waals surface area (Å²) >= 11 is 0. The van der Waals surface area contributed by atoms with E-state index >= 15 is 0 Å². The van der Waals surface area contributed by atoms with E-state index in [4.69, 9.17) is 28.8 Å². The zero-order chi connectivity index (χ0) is 64.1. The average Bonchev–Trinajstić information content (AvgIpc) is 1.70. The van der Waals surface area contributed by atoms with Crippen LogP contribution in [0.15, 0.2) is 30.3 Å². The first-order valence-corrected chi connectivity index (χ1v) is 34.4. The highest BCUT2D eigenvalue weighted by Gasteiger charge is 2.51. The Morgan fingerprint density at radius 1 is 0.329 bits per heavy atom. The molecule has 12 heteroatoms. The Bertz CT molecular complexity index is 1840. The number of benzene rings is 1. The second kappa shape index (κ2) is 46.2. The van der Waals surface area contributed by atoms with Crippen LogP contribution in [-0.2, 0) is 59.1 Å². The summed E-state index contributed by atoms with van der Waals surface area (Å²) in [7, 11) is 0. The van der Waals surface area contributed by atoms with Gasteiger partial charge in [-0.05, 0) is 127 Å². The SMILES string of the molecule is CCCCCCCCCCCC(CCCCCCCCCCC(=O)O)(C(=O)OC(C)(C)C)C(=O)OC(C)(C)C.CCCCCCCCCCCC(CCCCCCCCCCC(=O)OCc1ccccc1)(C(=O)OC(C)(C)C)C(=O)OC(C)(C)C. The lowest BCUT2D eigenvalue weighted by molar-refractivity contribution is -0.189. The molecule has 85 heavy (non-hydrogen) atoms. The van der Waals surface area contributed by atoms with Gasteiger partial charge in [0.1, 0.15) is 29.0 Å². The number of rotatable bonds is 48. The van der Waals surface area contributed by atoms with Gasteiger partial charge in [0.15, 0.2) is 10.8 Å². The molecule has 1 rings (SSSR count). The number of carbonyl (C=O) groups excluding carboxylic acids is 5. The minimum Gasteiger partial charge on any atom is -0.481 e. The minimum absolute atomic E-state index is 0.135. The molecule has 0 aliphatic rings. The Balaban J connectivity index is 0.00000168. The highest BCUT2D eigenvalue weighted by Crippen LogP contribution is 2.40. The molecule has 0 saturated heterocycles. The van der Waals surface area contributed by atoms with Gasteiger partial charge < -0.3 is 28.8 Å². The molecule has 0 atom stereocenters. The molecule has 0 bridgehead atoms. The second-order valence-electron chi connectivity index (χ2n) is 28.5. The first kappa shape index (κ1) is 81.0. The molecule has 1 aromatic rings. The number of hydrogen-bond donors (Lipinski definition) is 1. The topological polar surface area (TPSA) is 169 Å². The Labute approximate surface area is 520 Å². The van der Waals surface area contributed by atoms with E-state index < -0.39 is 63.1 Å². The summed E-state index contributed by atoms with van der Waals surface area (Å²) in [6.45, 7) is 27.0. The molecule has 0 aromatic heterocycles. The van der Waals surface area contributed by atoms with Gasteiger partial charge in [0.05, 0.1) is 0 Å². The maximum atomic E-state index is 13.7. The predicted molar refractivity (Wildman–Crippen MR) is 348 cm³/mol. The first-order chi connectivity index (χ1) is 40.0. The number of ether oxygens (including phenoxy) is 5. The van der Waals surface area contributed by atoms with Crippen LogP contribution < -0.4 is 0 Å². The van der Waals surface area contributed by atoms with Gasteiger partial charge in [-0.2, -0.15) is 0 Å². The van der Waals surface area contributed by atoms with Crippen LogP contribution in [0.5, 0.6) is 0 Å². The van der Waals surface area contributed by atoms with E-state index in [0.29, 0.717) is 38.7 Å². The fourth-order valence-corrected chi connectivity index (χ4v) is 10.5. The van der Waals surface area contributed by atoms with Crippen LogP contribution in [0.1, 0.15) is 359 Å². The molecule has 0 aliphatic carbocycles. The van der Waals surface area contributed by atoms with Crippen LogP contribution in [0.2, 0.25) is 0 Å². The third kappa shape index (κ3) is 44.2. The third-order valence-corrected chi connectivity index (χ3v) is 15.3. The van der Waals surface area contributed by atoms with Crippen LogP contribution in [0.3, 0.4) is 0 Å². The summed E-state index contributed by atoms with van der Waals surface area (Å²) in [5, 5.41) is 8.74. The third-order valence-electron chi connectivity index (χ3n) is 15.3. The molecule has 0 fully saturated rings. The van der Waals surface area contributed by atoms with Crippen molar-refractivity contribution in [3.63, 3.8) is 0 Å². The zero-order valence-electron chi connectivity index (χ0n) is 57.3. The fraction of sp³-hybridized carbons (Fsp3) is 0.836. The van der Waals surface area contributed by atoms with E-state index in [0.717, 1.165) is 147 Å². The lowest BCUT2D eigenvalue weighted by Gasteiger charge is -2.35. The van der Waals surface area contributed by atoms with Crippen molar-refractivity contribution in [3.05, 3.63) is 35.9 Å². The molecule has 0 aliphatic heterocycles. The van der Waals surface area contributed by atoms with Crippen LogP contribution in [0, 0.1) is 10.8 Å². The molecule has 494 valence electrons. The van der Waals surface area contributed by atoms with Crippen LogP contribution in [0.4, 0.5) is 0 Å². The summed E-state index contributed by atoms with van der Waals surface area (Å²) in [6.07, 6.45) is 39.3. The number of hydrogen-bond acceptors (Lipinski definition) is 11. The number of unbranched alkanes of at least 4 members (excludes halogenated alkanes) is 30. The Kier molecular flexibility index (Phi) is 44.0. The number of carboxylic acids is 1. The van der Waals surface area contributed by atoms with E-state index in [1.54, 1.807) is 0 Å². The van der Waals surface area contributed by atoms with E-state index in [1.807, 2.05) is 113 Å². The van der Waals surface area contributed by atoms with Gasteiger partial charge in [0.2, 0.25) is 0 Å². The van der Waals surface area contributed by atoms with Gasteiger partial charge >= 0.3 is 35.8 Å². The second-order valence-corrected chi connectivity index (χ2v) is 28.5.